The Bertz CT molecular complexity index is 270. The lowest BCUT2D eigenvalue weighted by atomic mass is 9.88. The minimum absolute atomic E-state index is 0.453. The first-order valence-corrected chi connectivity index (χ1v) is 7.79. The molecule has 0 bridgehead atoms. The van der Waals surface area contributed by atoms with Gasteiger partial charge in [-0.05, 0) is 43.4 Å². The first kappa shape index (κ1) is 14.0. The Morgan fingerprint density at radius 3 is 2.83 bits per heavy atom. The van der Waals surface area contributed by atoms with Crippen molar-refractivity contribution in [1.29, 1.82) is 0 Å². The summed E-state index contributed by atoms with van der Waals surface area (Å²) in [4.78, 5) is 11.5. The van der Waals surface area contributed by atoms with Gasteiger partial charge in [0.15, 0.2) is 0 Å². The van der Waals surface area contributed by atoms with Crippen LogP contribution in [0.15, 0.2) is 0 Å². The molecule has 2 aliphatic carbocycles. The maximum absolute atomic E-state index is 11.5. The van der Waals surface area contributed by atoms with Gasteiger partial charge in [0.1, 0.15) is 5.78 Å². The SMILES string of the molecule is CC[C@@H](CCCC[C@@H]1CC[C@H]2CC(=O)C[C@@H]12)OC. The van der Waals surface area contributed by atoms with E-state index >= 15 is 0 Å². The first-order valence-electron chi connectivity index (χ1n) is 7.79. The fourth-order valence-electron chi connectivity index (χ4n) is 4.09. The van der Waals surface area contributed by atoms with E-state index in [-0.39, 0.29) is 0 Å². The predicted octanol–water partition coefficient (Wildman–Crippen LogP) is 3.98. The lowest BCUT2D eigenvalue weighted by Crippen LogP contribution is -2.11. The third-order valence-corrected chi connectivity index (χ3v) is 5.21. The van der Waals surface area contributed by atoms with Gasteiger partial charge < -0.3 is 4.74 Å². The zero-order valence-corrected chi connectivity index (χ0v) is 12.0. The predicted molar refractivity (Wildman–Crippen MR) is 73.5 cm³/mol. The highest BCUT2D eigenvalue weighted by Crippen LogP contribution is 2.47. The Labute approximate surface area is 111 Å². The summed E-state index contributed by atoms with van der Waals surface area (Å²) in [6.07, 6.45) is 11.2. The van der Waals surface area contributed by atoms with Crippen LogP contribution in [0.25, 0.3) is 0 Å². The van der Waals surface area contributed by atoms with Crippen LogP contribution in [0.2, 0.25) is 0 Å². The molecule has 0 aromatic heterocycles. The highest BCUT2D eigenvalue weighted by molar-refractivity contribution is 5.81. The molecule has 0 unspecified atom stereocenters. The van der Waals surface area contributed by atoms with Crippen molar-refractivity contribution >= 4 is 5.78 Å². The van der Waals surface area contributed by atoms with E-state index in [1.165, 1.54) is 38.5 Å². The van der Waals surface area contributed by atoms with Crippen LogP contribution in [0.5, 0.6) is 0 Å². The number of carbonyl (C=O) groups excluding carboxylic acids is 1. The second kappa shape index (κ2) is 6.70. The summed E-state index contributed by atoms with van der Waals surface area (Å²) < 4.78 is 5.41. The van der Waals surface area contributed by atoms with E-state index in [9.17, 15) is 4.79 Å². The largest absolute Gasteiger partial charge is 0.381 e. The van der Waals surface area contributed by atoms with Gasteiger partial charge >= 0.3 is 0 Å². The number of hydrogen-bond acceptors (Lipinski definition) is 2. The second-order valence-corrected chi connectivity index (χ2v) is 6.26. The van der Waals surface area contributed by atoms with Crippen molar-refractivity contribution in [3.05, 3.63) is 0 Å². The van der Waals surface area contributed by atoms with E-state index in [0.29, 0.717) is 11.9 Å². The molecule has 2 heteroatoms. The summed E-state index contributed by atoms with van der Waals surface area (Å²) in [5, 5.41) is 0. The van der Waals surface area contributed by atoms with Gasteiger partial charge in [-0.3, -0.25) is 4.79 Å². The highest BCUT2D eigenvalue weighted by Gasteiger charge is 2.42. The summed E-state index contributed by atoms with van der Waals surface area (Å²) in [6.45, 7) is 2.19. The fraction of sp³-hybridized carbons (Fsp3) is 0.938. The van der Waals surface area contributed by atoms with E-state index in [0.717, 1.165) is 37.0 Å². The molecule has 0 heterocycles. The summed E-state index contributed by atoms with van der Waals surface area (Å²) in [5.41, 5.74) is 0. The van der Waals surface area contributed by atoms with Crippen LogP contribution in [0.4, 0.5) is 0 Å². The maximum atomic E-state index is 11.5. The number of methoxy groups -OCH3 is 1. The molecule has 2 aliphatic rings. The number of Topliss-reactive ketones (excluding diaryl/α,β-unsaturated/α-hetero) is 1. The minimum atomic E-state index is 0.453. The van der Waals surface area contributed by atoms with E-state index in [1.54, 1.807) is 0 Å². The maximum Gasteiger partial charge on any atom is 0.133 e. The van der Waals surface area contributed by atoms with Crippen molar-refractivity contribution in [1.82, 2.24) is 0 Å². The number of carbonyl (C=O) groups is 1. The summed E-state index contributed by atoms with van der Waals surface area (Å²) >= 11 is 0. The van der Waals surface area contributed by atoms with E-state index in [2.05, 4.69) is 6.92 Å². The molecule has 0 saturated heterocycles. The topological polar surface area (TPSA) is 26.3 Å². The quantitative estimate of drug-likeness (QED) is 0.641. The molecule has 2 rings (SSSR count). The number of hydrogen-bond donors (Lipinski definition) is 0. The van der Waals surface area contributed by atoms with Gasteiger partial charge in [0.2, 0.25) is 0 Å². The molecule has 0 N–H and O–H groups in total. The standard InChI is InChI=1S/C16H28O2/c1-3-15(18-2)7-5-4-6-12-8-9-13-10-14(17)11-16(12)13/h12-13,15-16H,3-11H2,1-2H3/t12-,13+,15+,16+/m1/s1. The van der Waals surface area contributed by atoms with Crippen LogP contribution < -0.4 is 0 Å². The van der Waals surface area contributed by atoms with Crippen molar-refractivity contribution < 1.29 is 9.53 Å². The van der Waals surface area contributed by atoms with Crippen molar-refractivity contribution in [2.24, 2.45) is 17.8 Å². The zero-order valence-electron chi connectivity index (χ0n) is 12.0. The van der Waals surface area contributed by atoms with Crippen LogP contribution >= 0.6 is 0 Å². The molecule has 0 spiro atoms. The van der Waals surface area contributed by atoms with Crippen molar-refractivity contribution in [2.45, 2.75) is 70.8 Å². The number of fused-ring (bicyclic) bond motifs is 1. The number of ketones is 1. The fourth-order valence-corrected chi connectivity index (χ4v) is 4.09. The van der Waals surface area contributed by atoms with E-state index < -0.39 is 0 Å². The van der Waals surface area contributed by atoms with Crippen molar-refractivity contribution in [2.75, 3.05) is 7.11 Å². The molecule has 0 aliphatic heterocycles. The Morgan fingerprint density at radius 1 is 1.28 bits per heavy atom. The van der Waals surface area contributed by atoms with Crippen LogP contribution in [-0.2, 0) is 9.53 Å². The molecule has 0 aromatic carbocycles. The van der Waals surface area contributed by atoms with Gasteiger partial charge in [0.25, 0.3) is 0 Å². The molecule has 0 radical (unpaired) electrons. The van der Waals surface area contributed by atoms with Gasteiger partial charge in [-0.1, -0.05) is 26.2 Å². The summed E-state index contributed by atoms with van der Waals surface area (Å²) in [7, 11) is 1.82. The third kappa shape index (κ3) is 3.34. The number of rotatable bonds is 7. The lowest BCUT2D eigenvalue weighted by molar-refractivity contribution is -0.118. The third-order valence-electron chi connectivity index (χ3n) is 5.21. The van der Waals surface area contributed by atoms with Crippen LogP contribution in [0.3, 0.4) is 0 Å². The highest BCUT2D eigenvalue weighted by atomic mass is 16.5. The van der Waals surface area contributed by atoms with Gasteiger partial charge in [-0.2, -0.15) is 0 Å². The van der Waals surface area contributed by atoms with Gasteiger partial charge in [-0.15, -0.1) is 0 Å². The van der Waals surface area contributed by atoms with Crippen LogP contribution in [0.1, 0.15) is 64.7 Å². The van der Waals surface area contributed by atoms with Gasteiger partial charge in [0.05, 0.1) is 6.10 Å². The van der Waals surface area contributed by atoms with Gasteiger partial charge in [-0.25, -0.2) is 0 Å². The molecule has 18 heavy (non-hydrogen) atoms. The molecule has 2 nitrogen and oxygen atoms in total. The minimum Gasteiger partial charge on any atom is -0.381 e. The van der Waals surface area contributed by atoms with E-state index in [4.69, 9.17) is 4.74 Å². The monoisotopic (exact) mass is 252 g/mol. The molecule has 0 aromatic rings. The summed E-state index contributed by atoms with van der Waals surface area (Å²) in [6, 6.07) is 0. The molecule has 2 saturated carbocycles. The molecule has 2 fully saturated rings. The normalized spacial score (nSPS) is 32.8. The molecule has 4 atom stereocenters. The number of ether oxygens (including phenoxy) is 1. The Balaban J connectivity index is 1.64. The van der Waals surface area contributed by atoms with Crippen molar-refractivity contribution in [3.63, 3.8) is 0 Å². The summed E-state index contributed by atoms with van der Waals surface area (Å²) in [5.74, 6) is 2.89. The first-order chi connectivity index (χ1) is 8.74. The van der Waals surface area contributed by atoms with Crippen LogP contribution in [0, 0.1) is 17.8 Å². The molecule has 0 amide bonds. The lowest BCUT2D eigenvalue weighted by Gasteiger charge is -2.18. The average molecular weight is 252 g/mol. The Morgan fingerprint density at radius 2 is 2.11 bits per heavy atom. The van der Waals surface area contributed by atoms with Crippen molar-refractivity contribution in [3.8, 4) is 0 Å². The molecular weight excluding hydrogens is 224 g/mol. The second-order valence-electron chi connectivity index (χ2n) is 6.26. The van der Waals surface area contributed by atoms with E-state index in [1.807, 2.05) is 7.11 Å². The Hall–Kier alpha value is -0.370. The smallest absolute Gasteiger partial charge is 0.133 e. The average Bonchev–Trinajstić information content (AvgIpc) is 2.89. The Kier molecular flexibility index (Phi) is 5.23. The molecule has 104 valence electrons. The number of unbranched alkanes of at least 4 members (excludes halogenated alkanes) is 1. The van der Waals surface area contributed by atoms with Gasteiger partial charge in [0, 0.05) is 20.0 Å². The molecular formula is C16H28O2. The van der Waals surface area contributed by atoms with Crippen LogP contribution in [-0.4, -0.2) is 19.0 Å². The zero-order chi connectivity index (χ0) is 13.0.